The van der Waals surface area contributed by atoms with E-state index in [1.165, 1.54) is 24.3 Å². The Labute approximate surface area is 92.7 Å². The summed E-state index contributed by atoms with van der Waals surface area (Å²) in [5.74, 6) is -0.636. The van der Waals surface area contributed by atoms with E-state index in [0.29, 0.717) is 11.4 Å². The second-order valence-corrected chi connectivity index (χ2v) is 3.59. The Morgan fingerprint density at radius 1 is 0.938 bits per heavy atom. The summed E-state index contributed by atoms with van der Waals surface area (Å²) in [5, 5.41) is 2.97. The molecule has 0 unspecified atom stereocenters. The Morgan fingerprint density at radius 3 is 2.44 bits per heavy atom. The van der Waals surface area contributed by atoms with Gasteiger partial charge in [-0.15, -0.1) is 0 Å². The summed E-state index contributed by atoms with van der Waals surface area (Å²) in [6, 6.07) is 10.5. The predicted molar refractivity (Wildman–Crippen MR) is 60.8 cm³/mol. The number of anilines is 2. The molecule has 0 aliphatic heterocycles. The van der Waals surface area contributed by atoms with Crippen LogP contribution in [-0.4, -0.2) is 0 Å². The fourth-order valence-corrected chi connectivity index (χ4v) is 1.45. The Morgan fingerprint density at radius 2 is 1.69 bits per heavy atom. The van der Waals surface area contributed by atoms with Gasteiger partial charge in [0.05, 0.1) is 0 Å². The van der Waals surface area contributed by atoms with Crippen LogP contribution in [0, 0.1) is 18.6 Å². The summed E-state index contributed by atoms with van der Waals surface area (Å²) in [6.45, 7) is 1.86. The van der Waals surface area contributed by atoms with Gasteiger partial charge >= 0.3 is 0 Å². The maximum Gasteiger partial charge on any atom is 0.125 e. The number of aryl methyl sites for hydroxylation is 1. The van der Waals surface area contributed by atoms with Gasteiger partial charge in [0, 0.05) is 11.4 Å². The molecule has 1 N–H and O–H groups in total. The quantitative estimate of drug-likeness (QED) is 0.804. The highest BCUT2D eigenvalue weighted by molar-refractivity contribution is 5.62. The van der Waals surface area contributed by atoms with E-state index in [0.717, 1.165) is 5.56 Å². The smallest absolute Gasteiger partial charge is 0.125 e. The van der Waals surface area contributed by atoms with Crippen molar-refractivity contribution in [1.82, 2.24) is 0 Å². The lowest BCUT2D eigenvalue weighted by atomic mass is 10.2. The third-order valence-electron chi connectivity index (χ3n) is 2.30. The number of halogens is 2. The van der Waals surface area contributed by atoms with Crippen LogP contribution in [0.15, 0.2) is 42.5 Å². The molecule has 16 heavy (non-hydrogen) atoms. The van der Waals surface area contributed by atoms with Crippen molar-refractivity contribution in [3.8, 4) is 0 Å². The first-order chi connectivity index (χ1) is 7.65. The van der Waals surface area contributed by atoms with Gasteiger partial charge in [0.2, 0.25) is 0 Å². The number of nitrogens with one attached hydrogen (secondary N) is 1. The molecule has 3 heteroatoms. The van der Waals surface area contributed by atoms with E-state index in [-0.39, 0.29) is 11.6 Å². The summed E-state index contributed by atoms with van der Waals surface area (Å²) in [4.78, 5) is 0. The molecule has 0 saturated heterocycles. The van der Waals surface area contributed by atoms with Gasteiger partial charge < -0.3 is 5.32 Å². The topological polar surface area (TPSA) is 12.0 Å². The van der Waals surface area contributed by atoms with E-state index in [9.17, 15) is 8.78 Å². The van der Waals surface area contributed by atoms with Crippen LogP contribution < -0.4 is 5.32 Å². The highest BCUT2D eigenvalue weighted by atomic mass is 19.1. The molecule has 1 nitrogen and oxygen atoms in total. The van der Waals surface area contributed by atoms with Crippen molar-refractivity contribution in [2.24, 2.45) is 0 Å². The Balaban J connectivity index is 2.30. The summed E-state index contributed by atoms with van der Waals surface area (Å²) in [6.07, 6.45) is 0. The summed E-state index contributed by atoms with van der Waals surface area (Å²) in [7, 11) is 0. The minimum Gasteiger partial charge on any atom is -0.355 e. The molecule has 0 fully saturated rings. The molecule has 2 aromatic rings. The van der Waals surface area contributed by atoms with Crippen LogP contribution in [0.2, 0.25) is 0 Å². The zero-order valence-corrected chi connectivity index (χ0v) is 8.80. The minimum atomic E-state index is -0.320. The molecule has 0 radical (unpaired) electrons. The molecule has 0 aromatic heterocycles. The van der Waals surface area contributed by atoms with Gasteiger partial charge in [0.1, 0.15) is 11.6 Å². The van der Waals surface area contributed by atoms with Crippen LogP contribution in [0.5, 0.6) is 0 Å². The fourth-order valence-electron chi connectivity index (χ4n) is 1.45. The highest BCUT2D eigenvalue weighted by Gasteiger charge is 2.01. The van der Waals surface area contributed by atoms with Crippen molar-refractivity contribution in [3.05, 3.63) is 59.7 Å². The van der Waals surface area contributed by atoms with Crippen molar-refractivity contribution in [3.63, 3.8) is 0 Å². The predicted octanol–water partition coefficient (Wildman–Crippen LogP) is 4.02. The van der Waals surface area contributed by atoms with Gasteiger partial charge in [-0.25, -0.2) is 8.78 Å². The lowest BCUT2D eigenvalue weighted by Crippen LogP contribution is -1.94. The van der Waals surface area contributed by atoms with Crippen LogP contribution in [0.3, 0.4) is 0 Å². The molecule has 0 aliphatic carbocycles. The monoisotopic (exact) mass is 219 g/mol. The molecule has 0 heterocycles. The third kappa shape index (κ3) is 2.37. The fraction of sp³-hybridized carbons (Fsp3) is 0.0769. The Bertz CT molecular complexity index is 509. The van der Waals surface area contributed by atoms with E-state index in [2.05, 4.69) is 5.32 Å². The van der Waals surface area contributed by atoms with E-state index in [1.807, 2.05) is 6.92 Å². The van der Waals surface area contributed by atoms with E-state index in [1.54, 1.807) is 18.2 Å². The first-order valence-corrected chi connectivity index (χ1v) is 4.94. The average molecular weight is 219 g/mol. The first kappa shape index (κ1) is 10.6. The molecule has 0 aliphatic rings. The Hall–Kier alpha value is -1.90. The molecule has 0 saturated carbocycles. The standard InChI is InChI=1S/C13H11F2N/c1-9-5-6-11(15)8-13(9)16-12-4-2-3-10(14)7-12/h2-8,16H,1H3. The first-order valence-electron chi connectivity index (χ1n) is 4.94. The van der Waals surface area contributed by atoms with Gasteiger partial charge in [-0.05, 0) is 42.8 Å². The van der Waals surface area contributed by atoms with E-state index >= 15 is 0 Å². The lowest BCUT2D eigenvalue weighted by molar-refractivity contribution is 0.627. The number of hydrogen-bond acceptors (Lipinski definition) is 1. The molecule has 0 bridgehead atoms. The minimum absolute atomic E-state index is 0.315. The van der Waals surface area contributed by atoms with Gasteiger partial charge in [-0.1, -0.05) is 12.1 Å². The lowest BCUT2D eigenvalue weighted by Gasteiger charge is -2.09. The van der Waals surface area contributed by atoms with E-state index in [4.69, 9.17) is 0 Å². The van der Waals surface area contributed by atoms with Crippen molar-refractivity contribution in [2.45, 2.75) is 6.92 Å². The van der Waals surface area contributed by atoms with Crippen LogP contribution >= 0.6 is 0 Å². The van der Waals surface area contributed by atoms with Crippen LogP contribution in [-0.2, 0) is 0 Å². The largest absolute Gasteiger partial charge is 0.355 e. The third-order valence-corrected chi connectivity index (χ3v) is 2.30. The van der Waals surface area contributed by atoms with Crippen molar-refractivity contribution < 1.29 is 8.78 Å². The van der Waals surface area contributed by atoms with Crippen LogP contribution in [0.25, 0.3) is 0 Å². The van der Waals surface area contributed by atoms with Crippen molar-refractivity contribution in [2.75, 3.05) is 5.32 Å². The second kappa shape index (κ2) is 4.31. The normalized spacial score (nSPS) is 10.2. The summed E-state index contributed by atoms with van der Waals surface area (Å²) in [5.41, 5.74) is 2.16. The molecular formula is C13H11F2N. The maximum absolute atomic E-state index is 13.0. The van der Waals surface area contributed by atoms with Gasteiger partial charge in [-0.3, -0.25) is 0 Å². The highest BCUT2D eigenvalue weighted by Crippen LogP contribution is 2.21. The van der Waals surface area contributed by atoms with Gasteiger partial charge in [-0.2, -0.15) is 0 Å². The summed E-state index contributed by atoms with van der Waals surface area (Å²) >= 11 is 0. The molecule has 2 rings (SSSR count). The number of benzene rings is 2. The molecule has 0 amide bonds. The molecule has 0 spiro atoms. The number of rotatable bonds is 2. The maximum atomic E-state index is 13.0. The summed E-state index contributed by atoms with van der Waals surface area (Å²) < 4.78 is 26.0. The van der Waals surface area contributed by atoms with Gasteiger partial charge in [0.25, 0.3) is 0 Å². The SMILES string of the molecule is Cc1ccc(F)cc1Nc1cccc(F)c1. The van der Waals surface area contributed by atoms with Crippen molar-refractivity contribution >= 4 is 11.4 Å². The zero-order chi connectivity index (χ0) is 11.5. The average Bonchev–Trinajstić information content (AvgIpc) is 2.24. The van der Waals surface area contributed by atoms with E-state index < -0.39 is 0 Å². The van der Waals surface area contributed by atoms with Crippen LogP contribution in [0.4, 0.5) is 20.2 Å². The zero-order valence-electron chi connectivity index (χ0n) is 8.80. The molecule has 2 aromatic carbocycles. The van der Waals surface area contributed by atoms with Crippen LogP contribution in [0.1, 0.15) is 5.56 Å². The second-order valence-electron chi connectivity index (χ2n) is 3.59. The molecular weight excluding hydrogens is 208 g/mol. The number of hydrogen-bond donors (Lipinski definition) is 1. The van der Waals surface area contributed by atoms with Gasteiger partial charge in [0.15, 0.2) is 0 Å². The molecule has 82 valence electrons. The van der Waals surface area contributed by atoms with Crippen molar-refractivity contribution in [1.29, 1.82) is 0 Å². The molecule has 0 atom stereocenters. The Kier molecular flexibility index (Phi) is 2.86.